The molecule has 35 heavy (non-hydrogen) atoms. The number of rotatable bonds is 1. The van der Waals surface area contributed by atoms with Crippen LogP contribution in [0.2, 0.25) is 19.6 Å². The Hall–Kier alpha value is -0.530. The zero-order valence-electron chi connectivity index (χ0n) is 23.5. The van der Waals surface area contributed by atoms with E-state index in [1.54, 1.807) is 5.19 Å². The molecular formula is C31H42Cl2SiZr. The quantitative estimate of drug-likeness (QED) is 0.231. The van der Waals surface area contributed by atoms with Crippen molar-refractivity contribution in [2.24, 2.45) is 0 Å². The maximum atomic E-state index is 3.67. The van der Waals surface area contributed by atoms with E-state index in [1.807, 2.05) is 0 Å². The number of aryl methyl sites for hydroxylation is 2. The Morgan fingerprint density at radius 2 is 1.37 bits per heavy atom. The molecular weight excluding hydrogens is 563 g/mol. The van der Waals surface area contributed by atoms with Gasteiger partial charge in [-0.2, -0.15) is 46.1 Å². The standard InChI is InChI=1S/C21H25.C10H17Si.2ClH.Zr/c1-20(2,3)16-7-9-18-14(12-16)11-15-13-17(21(4,5)6)8-10-19(15)18;1-8-6-9(2)10(7-8)11(3,4)5;;;/h7-10,12H,11H2,1-6H3;6-7H,1-5H3;2*1H;/q2*-1;;;+4/p-2. The van der Waals surface area contributed by atoms with Crippen LogP contribution in [0.25, 0.3) is 11.1 Å². The summed E-state index contributed by atoms with van der Waals surface area (Å²) in [6.45, 7) is 25.2. The monoisotopic (exact) mass is 602 g/mol. The SMILES string of the molecule is CC(C)(C)c1[c-]c2c(cc1)-c1ccc(C(C)(C)C)cc1C2.Cc1cc([Si](C)(C)C)c(C)[cH-]1.[Cl-].[Cl-].[Zr+4]. The summed E-state index contributed by atoms with van der Waals surface area (Å²) in [6, 6.07) is 19.8. The van der Waals surface area contributed by atoms with Crippen molar-refractivity contribution in [2.75, 3.05) is 0 Å². The Bertz CT molecular complexity index is 1060. The second kappa shape index (κ2) is 12.3. The van der Waals surface area contributed by atoms with E-state index in [1.165, 1.54) is 44.5 Å². The summed E-state index contributed by atoms with van der Waals surface area (Å²) >= 11 is 0. The van der Waals surface area contributed by atoms with Crippen molar-refractivity contribution in [3.8, 4) is 11.1 Å². The molecule has 0 nitrogen and oxygen atoms in total. The van der Waals surface area contributed by atoms with Crippen molar-refractivity contribution >= 4 is 13.3 Å². The molecule has 1 aliphatic carbocycles. The third kappa shape index (κ3) is 8.23. The molecule has 0 N–H and O–H groups in total. The van der Waals surface area contributed by atoms with Crippen molar-refractivity contribution in [1.82, 2.24) is 0 Å². The molecule has 0 fully saturated rings. The van der Waals surface area contributed by atoms with Crippen LogP contribution in [0.4, 0.5) is 0 Å². The van der Waals surface area contributed by atoms with E-state index < -0.39 is 8.07 Å². The Kier molecular flexibility index (Phi) is 12.2. The first-order valence-electron chi connectivity index (χ1n) is 12.0. The van der Waals surface area contributed by atoms with Crippen LogP contribution in [0, 0.1) is 19.9 Å². The fourth-order valence-corrected chi connectivity index (χ4v) is 6.55. The van der Waals surface area contributed by atoms with Gasteiger partial charge in [0.1, 0.15) is 0 Å². The van der Waals surface area contributed by atoms with Gasteiger partial charge >= 0.3 is 26.2 Å². The summed E-state index contributed by atoms with van der Waals surface area (Å²) in [4.78, 5) is 0. The van der Waals surface area contributed by atoms with E-state index in [2.05, 4.69) is 124 Å². The molecule has 3 aromatic carbocycles. The Morgan fingerprint density at radius 1 is 0.800 bits per heavy atom. The summed E-state index contributed by atoms with van der Waals surface area (Å²) in [7, 11) is -1.06. The molecule has 0 amide bonds. The predicted molar refractivity (Wildman–Crippen MR) is 145 cm³/mol. The number of hydrogen-bond donors (Lipinski definition) is 0. The van der Waals surface area contributed by atoms with Crippen molar-refractivity contribution in [3.63, 3.8) is 0 Å². The van der Waals surface area contributed by atoms with Gasteiger partial charge in [-0.15, -0.1) is 11.1 Å². The predicted octanol–water partition coefficient (Wildman–Crippen LogP) is 2.23. The molecule has 0 spiro atoms. The topological polar surface area (TPSA) is 0 Å². The van der Waals surface area contributed by atoms with Crippen LogP contribution in [0.1, 0.15) is 74.9 Å². The first-order chi connectivity index (χ1) is 14.6. The Balaban J connectivity index is 0.000000714. The molecule has 0 atom stereocenters. The molecule has 1 aliphatic rings. The first-order valence-corrected chi connectivity index (χ1v) is 15.5. The zero-order valence-corrected chi connectivity index (χ0v) is 28.5. The van der Waals surface area contributed by atoms with Crippen LogP contribution in [0.15, 0.2) is 42.5 Å². The Labute approximate surface area is 248 Å². The fraction of sp³-hybridized carbons (Fsp3) is 0.452. The number of fused-ring (bicyclic) bond motifs is 3. The smallest absolute Gasteiger partial charge is 1.00 e. The molecule has 3 aromatic rings. The first kappa shape index (κ1) is 34.5. The minimum absolute atomic E-state index is 0. The summed E-state index contributed by atoms with van der Waals surface area (Å²) in [5, 5.41) is 1.62. The molecule has 0 aromatic heterocycles. The maximum absolute atomic E-state index is 3.67. The van der Waals surface area contributed by atoms with Gasteiger partial charge < -0.3 is 24.8 Å². The largest absolute Gasteiger partial charge is 4.00 e. The average molecular weight is 605 g/mol. The minimum atomic E-state index is -1.06. The van der Waals surface area contributed by atoms with E-state index in [9.17, 15) is 0 Å². The third-order valence-corrected chi connectivity index (χ3v) is 8.67. The Morgan fingerprint density at radius 3 is 1.80 bits per heavy atom. The number of hydrogen-bond acceptors (Lipinski definition) is 0. The minimum Gasteiger partial charge on any atom is -1.00 e. The van der Waals surface area contributed by atoms with E-state index >= 15 is 0 Å². The summed E-state index contributed by atoms with van der Waals surface area (Å²) in [6.07, 6.45) is 1.03. The van der Waals surface area contributed by atoms with Gasteiger partial charge in [-0.3, -0.25) is 0 Å². The molecule has 0 bridgehead atoms. The molecule has 188 valence electrons. The van der Waals surface area contributed by atoms with Gasteiger partial charge in [0.25, 0.3) is 0 Å². The van der Waals surface area contributed by atoms with E-state index in [0.717, 1.165) is 6.42 Å². The van der Waals surface area contributed by atoms with E-state index in [-0.39, 0.29) is 61.8 Å². The van der Waals surface area contributed by atoms with Crippen molar-refractivity contribution < 1.29 is 51.0 Å². The number of benzene rings is 2. The molecule has 4 heteroatoms. The second-order valence-corrected chi connectivity index (χ2v) is 17.7. The van der Waals surface area contributed by atoms with E-state index in [0.29, 0.717) is 0 Å². The van der Waals surface area contributed by atoms with Crippen LogP contribution >= 0.6 is 0 Å². The summed E-state index contributed by atoms with van der Waals surface area (Å²) in [5.41, 5.74) is 11.6. The number of halogens is 2. The van der Waals surface area contributed by atoms with Gasteiger partial charge in [-0.25, -0.2) is 6.07 Å². The molecule has 0 saturated heterocycles. The third-order valence-electron chi connectivity index (χ3n) is 6.51. The van der Waals surface area contributed by atoms with Gasteiger partial charge in [0, 0.05) is 8.07 Å². The maximum Gasteiger partial charge on any atom is 4.00 e. The zero-order chi connectivity index (χ0) is 24.1. The van der Waals surface area contributed by atoms with Gasteiger partial charge in [0.15, 0.2) is 0 Å². The second-order valence-electron chi connectivity index (χ2n) is 12.7. The van der Waals surface area contributed by atoms with Crippen LogP contribution in [0.3, 0.4) is 0 Å². The van der Waals surface area contributed by atoms with Gasteiger partial charge in [0.05, 0.1) is 0 Å². The van der Waals surface area contributed by atoms with Gasteiger partial charge in [0.2, 0.25) is 0 Å². The molecule has 0 saturated carbocycles. The normalized spacial score (nSPS) is 12.2. The van der Waals surface area contributed by atoms with Crippen LogP contribution in [0.5, 0.6) is 0 Å². The van der Waals surface area contributed by atoms with Crippen LogP contribution in [-0.2, 0) is 43.5 Å². The van der Waals surface area contributed by atoms with Gasteiger partial charge in [-0.05, 0) is 28.4 Å². The van der Waals surface area contributed by atoms with Crippen molar-refractivity contribution in [2.45, 2.75) is 92.3 Å². The van der Waals surface area contributed by atoms with E-state index in [4.69, 9.17) is 0 Å². The van der Waals surface area contributed by atoms with Crippen LogP contribution < -0.4 is 30.0 Å². The molecule has 0 heterocycles. The van der Waals surface area contributed by atoms with Crippen LogP contribution in [-0.4, -0.2) is 8.07 Å². The molecule has 4 rings (SSSR count). The fourth-order valence-electron chi connectivity index (χ4n) is 4.64. The average Bonchev–Trinajstić information content (AvgIpc) is 3.18. The van der Waals surface area contributed by atoms with Crippen molar-refractivity contribution in [3.05, 3.63) is 81.9 Å². The van der Waals surface area contributed by atoms with Gasteiger partial charge in [-0.1, -0.05) is 98.8 Å². The molecule has 0 aliphatic heterocycles. The summed E-state index contributed by atoms with van der Waals surface area (Å²) in [5.74, 6) is 0. The van der Waals surface area contributed by atoms with Crippen molar-refractivity contribution in [1.29, 1.82) is 0 Å². The molecule has 0 radical (unpaired) electrons. The summed E-state index contributed by atoms with van der Waals surface area (Å²) < 4.78 is 0. The molecule has 0 unspecified atom stereocenters.